The van der Waals surface area contributed by atoms with Gasteiger partial charge in [-0.25, -0.2) is 0 Å². The fourth-order valence-corrected chi connectivity index (χ4v) is 3.95. The molecule has 1 unspecified atom stereocenters. The minimum atomic E-state index is -0.194. The Labute approximate surface area is 145 Å². The average molecular weight is 336 g/mol. The van der Waals surface area contributed by atoms with Crippen LogP contribution in [0.1, 0.15) is 45.4 Å². The fourth-order valence-electron chi connectivity index (χ4n) is 3.95. The standard InChI is InChI=1S/C18H32N4O2/c1-2-19-18(20-14-15-6-3-4-7-15)22-11-9-21(10-12-22)17(23)16-8-5-13-24-16/h15-16H,2-14H2,1H3,(H,19,20). The third-order valence-corrected chi connectivity index (χ3v) is 5.40. The lowest BCUT2D eigenvalue weighted by Crippen LogP contribution is -2.55. The second kappa shape index (κ2) is 8.70. The van der Waals surface area contributed by atoms with Gasteiger partial charge in [0.15, 0.2) is 5.96 Å². The molecule has 6 heteroatoms. The second-order valence-corrected chi connectivity index (χ2v) is 7.16. The highest BCUT2D eigenvalue weighted by Crippen LogP contribution is 2.24. The summed E-state index contributed by atoms with van der Waals surface area (Å²) in [5, 5.41) is 3.42. The van der Waals surface area contributed by atoms with E-state index in [0.717, 1.165) is 70.6 Å². The van der Waals surface area contributed by atoms with Crippen LogP contribution in [0.4, 0.5) is 0 Å². The van der Waals surface area contributed by atoms with Crippen LogP contribution in [0.3, 0.4) is 0 Å². The van der Waals surface area contributed by atoms with Crippen LogP contribution >= 0.6 is 0 Å². The summed E-state index contributed by atoms with van der Waals surface area (Å²) >= 11 is 0. The number of hydrogen-bond donors (Lipinski definition) is 1. The molecular weight excluding hydrogens is 304 g/mol. The van der Waals surface area contributed by atoms with E-state index in [4.69, 9.17) is 9.73 Å². The highest BCUT2D eigenvalue weighted by Gasteiger charge is 2.31. The predicted octanol–water partition coefficient (Wildman–Crippen LogP) is 1.47. The van der Waals surface area contributed by atoms with Crippen molar-refractivity contribution in [2.24, 2.45) is 10.9 Å². The number of piperazine rings is 1. The first-order valence-electron chi connectivity index (χ1n) is 9.71. The lowest BCUT2D eigenvalue weighted by molar-refractivity contribution is -0.142. The van der Waals surface area contributed by atoms with E-state index in [-0.39, 0.29) is 12.0 Å². The molecule has 0 bridgehead atoms. The molecule has 1 amide bonds. The second-order valence-electron chi connectivity index (χ2n) is 7.16. The van der Waals surface area contributed by atoms with Crippen LogP contribution < -0.4 is 5.32 Å². The number of guanidine groups is 1. The van der Waals surface area contributed by atoms with E-state index in [1.165, 1.54) is 25.7 Å². The Bertz CT molecular complexity index is 434. The first kappa shape index (κ1) is 17.5. The summed E-state index contributed by atoms with van der Waals surface area (Å²) in [5.41, 5.74) is 0. The highest BCUT2D eigenvalue weighted by molar-refractivity contribution is 5.82. The van der Waals surface area contributed by atoms with Gasteiger partial charge in [0.2, 0.25) is 0 Å². The SMILES string of the molecule is CCNC(=NCC1CCCC1)N1CCN(C(=O)C2CCCO2)CC1. The summed E-state index contributed by atoms with van der Waals surface area (Å²) < 4.78 is 5.54. The Morgan fingerprint density at radius 2 is 1.79 bits per heavy atom. The normalized spacial score (nSPS) is 26.2. The minimum Gasteiger partial charge on any atom is -0.368 e. The van der Waals surface area contributed by atoms with Gasteiger partial charge in [-0.2, -0.15) is 0 Å². The summed E-state index contributed by atoms with van der Waals surface area (Å²) in [7, 11) is 0. The fraction of sp³-hybridized carbons (Fsp3) is 0.889. The quantitative estimate of drug-likeness (QED) is 0.624. The summed E-state index contributed by atoms with van der Waals surface area (Å²) in [5.74, 6) is 1.97. The van der Waals surface area contributed by atoms with Gasteiger partial charge in [-0.1, -0.05) is 12.8 Å². The molecule has 2 aliphatic heterocycles. The van der Waals surface area contributed by atoms with Crippen LogP contribution in [-0.2, 0) is 9.53 Å². The van der Waals surface area contributed by atoms with E-state index in [1.807, 2.05) is 4.90 Å². The first-order valence-corrected chi connectivity index (χ1v) is 9.71. The van der Waals surface area contributed by atoms with Crippen molar-refractivity contribution in [3.63, 3.8) is 0 Å². The molecule has 0 aromatic rings. The molecule has 3 aliphatic rings. The zero-order valence-corrected chi connectivity index (χ0v) is 15.0. The van der Waals surface area contributed by atoms with Gasteiger partial charge in [-0.05, 0) is 38.5 Å². The number of nitrogens with zero attached hydrogens (tertiary/aromatic N) is 3. The largest absolute Gasteiger partial charge is 0.368 e. The van der Waals surface area contributed by atoms with Crippen molar-refractivity contribution in [1.82, 2.24) is 15.1 Å². The average Bonchev–Trinajstić information content (AvgIpc) is 3.31. The maximum atomic E-state index is 12.4. The van der Waals surface area contributed by atoms with E-state index < -0.39 is 0 Å². The molecule has 3 fully saturated rings. The van der Waals surface area contributed by atoms with Crippen molar-refractivity contribution in [3.8, 4) is 0 Å². The van der Waals surface area contributed by atoms with Crippen molar-refractivity contribution in [2.45, 2.75) is 51.6 Å². The number of hydrogen-bond acceptors (Lipinski definition) is 3. The highest BCUT2D eigenvalue weighted by atomic mass is 16.5. The van der Waals surface area contributed by atoms with Gasteiger partial charge < -0.3 is 19.9 Å². The molecule has 2 saturated heterocycles. The Balaban J connectivity index is 1.50. The molecule has 0 spiro atoms. The molecule has 1 atom stereocenters. The first-order chi connectivity index (χ1) is 11.8. The smallest absolute Gasteiger partial charge is 0.251 e. The van der Waals surface area contributed by atoms with Crippen molar-refractivity contribution in [1.29, 1.82) is 0 Å². The summed E-state index contributed by atoms with van der Waals surface area (Å²) in [6, 6.07) is 0. The Hall–Kier alpha value is -1.30. The molecule has 3 rings (SSSR count). The summed E-state index contributed by atoms with van der Waals surface area (Å²) in [6.07, 6.45) is 7.07. The van der Waals surface area contributed by atoms with Crippen LogP contribution in [0.15, 0.2) is 4.99 Å². The molecule has 1 N–H and O–H groups in total. The molecule has 1 aliphatic carbocycles. The zero-order valence-electron chi connectivity index (χ0n) is 15.0. The van der Waals surface area contributed by atoms with Gasteiger partial charge in [0.1, 0.15) is 6.10 Å². The van der Waals surface area contributed by atoms with E-state index in [9.17, 15) is 4.79 Å². The van der Waals surface area contributed by atoms with Crippen LogP contribution in [-0.4, -0.2) is 73.6 Å². The van der Waals surface area contributed by atoms with E-state index >= 15 is 0 Å². The van der Waals surface area contributed by atoms with Gasteiger partial charge in [0.05, 0.1) is 0 Å². The third kappa shape index (κ3) is 4.41. The Morgan fingerprint density at radius 1 is 1.08 bits per heavy atom. The van der Waals surface area contributed by atoms with E-state index in [1.54, 1.807) is 0 Å². The lowest BCUT2D eigenvalue weighted by atomic mass is 10.1. The van der Waals surface area contributed by atoms with Crippen LogP contribution in [0.5, 0.6) is 0 Å². The minimum absolute atomic E-state index is 0.181. The van der Waals surface area contributed by atoms with Crippen molar-refractivity contribution < 1.29 is 9.53 Å². The van der Waals surface area contributed by atoms with E-state index in [0.29, 0.717) is 0 Å². The number of carbonyl (C=O) groups is 1. The number of nitrogens with one attached hydrogen (secondary N) is 1. The monoisotopic (exact) mass is 336 g/mol. The molecule has 2 heterocycles. The maximum Gasteiger partial charge on any atom is 0.251 e. The van der Waals surface area contributed by atoms with Gasteiger partial charge in [0, 0.05) is 45.9 Å². The maximum absolute atomic E-state index is 12.4. The number of carbonyl (C=O) groups excluding carboxylic acids is 1. The molecule has 0 radical (unpaired) electrons. The topological polar surface area (TPSA) is 57.2 Å². The molecular formula is C18H32N4O2. The number of aliphatic imine (C=N–C) groups is 1. The molecule has 0 aromatic carbocycles. The molecule has 24 heavy (non-hydrogen) atoms. The van der Waals surface area contributed by atoms with Crippen molar-refractivity contribution >= 4 is 11.9 Å². The third-order valence-electron chi connectivity index (χ3n) is 5.40. The predicted molar refractivity (Wildman–Crippen MR) is 95.1 cm³/mol. The van der Waals surface area contributed by atoms with Crippen molar-refractivity contribution in [2.75, 3.05) is 45.9 Å². The summed E-state index contributed by atoms with van der Waals surface area (Å²) in [4.78, 5) is 21.6. The zero-order chi connectivity index (χ0) is 16.8. The van der Waals surface area contributed by atoms with Gasteiger partial charge in [-0.15, -0.1) is 0 Å². The van der Waals surface area contributed by atoms with Crippen molar-refractivity contribution in [3.05, 3.63) is 0 Å². The van der Waals surface area contributed by atoms with Gasteiger partial charge in [-0.3, -0.25) is 9.79 Å². The number of rotatable bonds is 4. The molecule has 0 aromatic heterocycles. The van der Waals surface area contributed by atoms with Crippen LogP contribution in [0.25, 0.3) is 0 Å². The number of amides is 1. The van der Waals surface area contributed by atoms with Crippen LogP contribution in [0, 0.1) is 5.92 Å². The van der Waals surface area contributed by atoms with Crippen LogP contribution in [0.2, 0.25) is 0 Å². The van der Waals surface area contributed by atoms with Gasteiger partial charge in [0.25, 0.3) is 5.91 Å². The molecule has 1 saturated carbocycles. The Kier molecular flexibility index (Phi) is 6.35. The Morgan fingerprint density at radius 3 is 2.42 bits per heavy atom. The van der Waals surface area contributed by atoms with E-state index in [2.05, 4.69) is 17.1 Å². The summed E-state index contributed by atoms with van der Waals surface area (Å²) in [6.45, 7) is 7.93. The lowest BCUT2D eigenvalue weighted by Gasteiger charge is -2.37. The van der Waals surface area contributed by atoms with Gasteiger partial charge >= 0.3 is 0 Å². The molecule has 6 nitrogen and oxygen atoms in total. The molecule has 136 valence electrons. The number of ether oxygens (including phenoxy) is 1.